The Bertz CT molecular complexity index is 531. The Labute approximate surface area is 118 Å². The van der Waals surface area contributed by atoms with Crippen molar-refractivity contribution in [1.82, 2.24) is 10.2 Å². The lowest BCUT2D eigenvalue weighted by Crippen LogP contribution is -2.44. The summed E-state index contributed by atoms with van der Waals surface area (Å²) in [6.45, 7) is 4.21. The van der Waals surface area contributed by atoms with Crippen molar-refractivity contribution in [3.05, 3.63) is 35.1 Å². The number of hydrogen-bond acceptors (Lipinski definition) is 2. The quantitative estimate of drug-likeness (QED) is 0.912. The predicted octanol–water partition coefficient (Wildman–Crippen LogP) is 1.76. The summed E-state index contributed by atoms with van der Waals surface area (Å²) in [5.41, 5.74) is 1.02. The minimum absolute atomic E-state index is 0.00869. The van der Waals surface area contributed by atoms with Crippen molar-refractivity contribution in [2.75, 3.05) is 6.54 Å². The Hall–Kier alpha value is -1.91. The predicted molar refractivity (Wildman–Crippen MR) is 73.4 cm³/mol. The number of benzene rings is 1. The van der Waals surface area contributed by atoms with Crippen molar-refractivity contribution in [3.63, 3.8) is 0 Å². The summed E-state index contributed by atoms with van der Waals surface area (Å²) in [4.78, 5) is 25.3. The van der Waals surface area contributed by atoms with E-state index in [2.05, 4.69) is 5.32 Å². The van der Waals surface area contributed by atoms with Crippen LogP contribution in [0.5, 0.6) is 0 Å². The lowest BCUT2D eigenvalue weighted by Gasteiger charge is -2.22. The minimum atomic E-state index is -0.416. The fraction of sp³-hybridized carbons (Fsp3) is 0.467. The topological polar surface area (TPSA) is 49.4 Å². The van der Waals surface area contributed by atoms with Gasteiger partial charge in [0.1, 0.15) is 11.9 Å². The van der Waals surface area contributed by atoms with E-state index in [1.54, 1.807) is 30.0 Å². The number of likely N-dealkylation sites (tertiary alicyclic amines) is 1. The van der Waals surface area contributed by atoms with E-state index in [-0.39, 0.29) is 24.2 Å². The second kappa shape index (κ2) is 6.03. The lowest BCUT2D eigenvalue weighted by molar-refractivity contribution is -0.135. The summed E-state index contributed by atoms with van der Waals surface area (Å²) in [7, 11) is 0. The van der Waals surface area contributed by atoms with E-state index in [1.807, 2.05) is 6.92 Å². The largest absolute Gasteiger partial charge is 0.350 e. The Kier molecular flexibility index (Phi) is 4.37. The van der Waals surface area contributed by atoms with E-state index >= 15 is 0 Å². The van der Waals surface area contributed by atoms with Gasteiger partial charge in [0, 0.05) is 25.1 Å². The second-order valence-corrected chi connectivity index (χ2v) is 5.00. The highest BCUT2D eigenvalue weighted by atomic mass is 19.1. The standard InChI is InChI=1S/C15H19FN2O2/c1-3-18-12(7-8-13(18)19)15(20)17-9-11-6-4-5-10(2)14(11)16/h4-6,12H,3,7-9H2,1-2H3,(H,17,20). The average Bonchev–Trinajstić information content (AvgIpc) is 2.81. The maximum atomic E-state index is 13.8. The van der Waals surface area contributed by atoms with Crippen molar-refractivity contribution < 1.29 is 14.0 Å². The molecule has 1 fully saturated rings. The molecule has 0 aliphatic carbocycles. The molecule has 1 N–H and O–H groups in total. The molecule has 0 aromatic heterocycles. The van der Waals surface area contributed by atoms with Gasteiger partial charge in [-0.1, -0.05) is 18.2 Å². The highest BCUT2D eigenvalue weighted by Crippen LogP contribution is 2.18. The number of aryl methyl sites for hydroxylation is 1. The fourth-order valence-electron chi connectivity index (χ4n) is 2.55. The first-order valence-electron chi connectivity index (χ1n) is 6.85. The summed E-state index contributed by atoms with van der Waals surface area (Å²) in [5, 5.41) is 2.72. The highest BCUT2D eigenvalue weighted by Gasteiger charge is 2.34. The van der Waals surface area contributed by atoms with E-state index in [1.165, 1.54) is 0 Å². The van der Waals surface area contributed by atoms with E-state index in [0.717, 1.165) is 0 Å². The monoisotopic (exact) mass is 278 g/mol. The van der Waals surface area contributed by atoms with Gasteiger partial charge in [-0.15, -0.1) is 0 Å². The minimum Gasteiger partial charge on any atom is -0.350 e. The molecule has 1 saturated heterocycles. The number of carbonyl (C=O) groups is 2. The van der Waals surface area contributed by atoms with E-state index < -0.39 is 6.04 Å². The zero-order valence-corrected chi connectivity index (χ0v) is 11.8. The van der Waals surface area contributed by atoms with Gasteiger partial charge in [0.05, 0.1) is 0 Å². The Morgan fingerprint density at radius 3 is 2.95 bits per heavy atom. The smallest absolute Gasteiger partial charge is 0.243 e. The second-order valence-electron chi connectivity index (χ2n) is 5.00. The van der Waals surface area contributed by atoms with Crippen LogP contribution in [0.2, 0.25) is 0 Å². The van der Waals surface area contributed by atoms with Crippen LogP contribution in [0.3, 0.4) is 0 Å². The van der Waals surface area contributed by atoms with E-state index in [4.69, 9.17) is 0 Å². The molecule has 1 aliphatic rings. The SMILES string of the molecule is CCN1C(=O)CCC1C(=O)NCc1cccc(C)c1F. The average molecular weight is 278 g/mol. The van der Waals surface area contributed by atoms with Crippen LogP contribution in [-0.4, -0.2) is 29.3 Å². The van der Waals surface area contributed by atoms with Crippen LogP contribution in [0.25, 0.3) is 0 Å². The number of hydrogen-bond donors (Lipinski definition) is 1. The maximum absolute atomic E-state index is 13.8. The van der Waals surface area contributed by atoms with Gasteiger partial charge >= 0.3 is 0 Å². The number of carbonyl (C=O) groups excluding carboxylic acids is 2. The normalized spacial score (nSPS) is 18.4. The van der Waals surface area contributed by atoms with Crippen LogP contribution in [0.15, 0.2) is 18.2 Å². The van der Waals surface area contributed by atoms with E-state index in [9.17, 15) is 14.0 Å². The van der Waals surface area contributed by atoms with Crippen LogP contribution in [-0.2, 0) is 16.1 Å². The summed E-state index contributed by atoms with van der Waals surface area (Å²) in [6, 6.07) is 4.69. The molecule has 1 heterocycles. The van der Waals surface area contributed by atoms with Crippen LogP contribution in [0.1, 0.15) is 30.9 Å². The van der Waals surface area contributed by atoms with Gasteiger partial charge in [-0.3, -0.25) is 9.59 Å². The third-order valence-corrected chi connectivity index (χ3v) is 3.70. The molecule has 0 saturated carbocycles. The first-order chi connectivity index (χ1) is 9.54. The maximum Gasteiger partial charge on any atom is 0.243 e. The van der Waals surface area contributed by atoms with Gasteiger partial charge in [-0.2, -0.15) is 0 Å². The molecule has 1 aromatic carbocycles. The van der Waals surface area contributed by atoms with E-state index in [0.29, 0.717) is 30.5 Å². The molecule has 4 nitrogen and oxygen atoms in total. The molecule has 0 bridgehead atoms. The molecular weight excluding hydrogens is 259 g/mol. The summed E-state index contributed by atoms with van der Waals surface area (Å²) >= 11 is 0. The Balaban J connectivity index is 1.99. The first kappa shape index (κ1) is 14.5. The zero-order valence-electron chi connectivity index (χ0n) is 11.8. The number of likely N-dealkylation sites (N-methyl/N-ethyl adjacent to an activating group) is 1. The molecule has 20 heavy (non-hydrogen) atoms. The fourth-order valence-corrected chi connectivity index (χ4v) is 2.55. The van der Waals surface area contributed by atoms with Crippen molar-refractivity contribution in [3.8, 4) is 0 Å². The molecule has 1 aromatic rings. The summed E-state index contributed by atoms with van der Waals surface area (Å²) in [5.74, 6) is -0.490. The number of nitrogens with one attached hydrogen (secondary N) is 1. The molecule has 0 spiro atoms. The Morgan fingerprint density at radius 2 is 2.25 bits per heavy atom. The number of rotatable bonds is 4. The van der Waals surface area contributed by atoms with Crippen molar-refractivity contribution in [2.45, 2.75) is 39.3 Å². The number of nitrogens with zero attached hydrogens (tertiary/aromatic N) is 1. The van der Waals surface area contributed by atoms with Crippen LogP contribution >= 0.6 is 0 Å². The molecule has 108 valence electrons. The van der Waals surface area contributed by atoms with Crippen LogP contribution in [0, 0.1) is 12.7 Å². The first-order valence-corrected chi connectivity index (χ1v) is 6.85. The highest BCUT2D eigenvalue weighted by molar-refractivity contribution is 5.90. The van der Waals surface area contributed by atoms with Gasteiger partial charge in [-0.25, -0.2) is 4.39 Å². The van der Waals surface area contributed by atoms with Crippen molar-refractivity contribution in [1.29, 1.82) is 0 Å². The zero-order chi connectivity index (χ0) is 14.7. The Morgan fingerprint density at radius 1 is 1.50 bits per heavy atom. The van der Waals surface area contributed by atoms with Crippen molar-refractivity contribution >= 4 is 11.8 Å². The number of amides is 2. The third kappa shape index (κ3) is 2.81. The molecular formula is C15H19FN2O2. The van der Waals surface area contributed by atoms with Gasteiger partial charge in [-0.05, 0) is 25.8 Å². The summed E-state index contributed by atoms with van der Waals surface area (Å²) < 4.78 is 13.8. The van der Waals surface area contributed by atoms with Gasteiger partial charge in [0.25, 0.3) is 0 Å². The third-order valence-electron chi connectivity index (χ3n) is 3.70. The number of halogens is 1. The molecule has 5 heteroatoms. The molecule has 1 aliphatic heterocycles. The molecule has 1 unspecified atom stereocenters. The van der Waals surface area contributed by atoms with Gasteiger partial charge in [0.2, 0.25) is 11.8 Å². The van der Waals surface area contributed by atoms with Crippen LogP contribution < -0.4 is 5.32 Å². The molecule has 1 atom stereocenters. The molecule has 2 rings (SSSR count). The van der Waals surface area contributed by atoms with Crippen molar-refractivity contribution in [2.24, 2.45) is 0 Å². The molecule has 2 amide bonds. The van der Waals surface area contributed by atoms with Crippen LogP contribution in [0.4, 0.5) is 4.39 Å². The van der Waals surface area contributed by atoms with Gasteiger partial charge in [0.15, 0.2) is 0 Å². The lowest BCUT2D eigenvalue weighted by atomic mass is 10.1. The molecule has 0 radical (unpaired) electrons. The van der Waals surface area contributed by atoms with Gasteiger partial charge < -0.3 is 10.2 Å². The summed E-state index contributed by atoms with van der Waals surface area (Å²) in [6.07, 6.45) is 0.944.